The van der Waals surface area contributed by atoms with Gasteiger partial charge in [-0.1, -0.05) is 90.5 Å². The highest BCUT2D eigenvalue weighted by Gasteiger charge is 2.38. The van der Waals surface area contributed by atoms with Gasteiger partial charge in [-0.05, 0) is 69.0 Å². The monoisotopic (exact) mass is 707 g/mol. The van der Waals surface area contributed by atoms with Gasteiger partial charge in [0, 0.05) is 51.0 Å². The number of alkyl halides is 3. The molecule has 0 N–H and O–H groups in total. The van der Waals surface area contributed by atoms with Gasteiger partial charge in [-0.2, -0.15) is 13.2 Å². The number of hydrogen-bond acceptors (Lipinski definition) is 5. The molecular weight excluding hydrogens is 663 g/mol. The minimum atomic E-state index is -4.56. The Labute approximate surface area is 298 Å². The van der Waals surface area contributed by atoms with Crippen LogP contribution in [0.4, 0.5) is 23.7 Å². The van der Waals surface area contributed by atoms with Crippen molar-refractivity contribution in [2.45, 2.75) is 58.0 Å². The van der Waals surface area contributed by atoms with Crippen LogP contribution >= 0.6 is 11.6 Å². The molecular formula is C40H45ClF3N3O3. The van der Waals surface area contributed by atoms with Gasteiger partial charge in [0.15, 0.2) is 0 Å². The molecule has 1 fully saturated rings. The minimum Gasteiger partial charge on any atom is -0.493 e. The first-order chi connectivity index (χ1) is 23.8. The molecule has 1 aliphatic rings. The van der Waals surface area contributed by atoms with Gasteiger partial charge in [-0.15, -0.1) is 0 Å². The second-order valence-corrected chi connectivity index (χ2v) is 14.0. The van der Waals surface area contributed by atoms with E-state index in [9.17, 15) is 18.0 Å². The third-order valence-electron chi connectivity index (χ3n) is 9.00. The number of ether oxygens (including phenoxy) is 2. The van der Waals surface area contributed by atoms with Gasteiger partial charge < -0.3 is 19.3 Å². The van der Waals surface area contributed by atoms with Crippen molar-refractivity contribution in [3.8, 4) is 5.75 Å². The van der Waals surface area contributed by atoms with Gasteiger partial charge in [0.25, 0.3) is 0 Å². The summed E-state index contributed by atoms with van der Waals surface area (Å²) < 4.78 is 53.3. The molecule has 6 nitrogen and oxygen atoms in total. The summed E-state index contributed by atoms with van der Waals surface area (Å²) in [6.45, 7) is 11.3. The topological polar surface area (TPSA) is 45.3 Å². The number of carbonyl (C=O) groups is 1. The zero-order chi connectivity index (χ0) is 35.9. The number of halogens is 4. The Balaban J connectivity index is 1.31. The second-order valence-electron chi connectivity index (χ2n) is 13.7. The minimum absolute atomic E-state index is 0.188. The van der Waals surface area contributed by atoms with Gasteiger partial charge in [-0.25, -0.2) is 4.79 Å². The first kappa shape index (κ1) is 37.1. The zero-order valence-corrected chi connectivity index (χ0v) is 29.8. The number of carbonyl (C=O) groups excluding carboxylic acids is 1. The molecule has 1 aliphatic heterocycles. The molecule has 10 heteroatoms. The summed E-state index contributed by atoms with van der Waals surface area (Å²) >= 11 is 6.45. The van der Waals surface area contributed by atoms with Crippen LogP contribution < -0.4 is 9.64 Å². The number of hydrogen-bond donors (Lipinski definition) is 0. The Hall–Kier alpha value is -4.21. The van der Waals surface area contributed by atoms with Crippen molar-refractivity contribution in [2.75, 3.05) is 44.2 Å². The quantitative estimate of drug-likeness (QED) is 0.145. The fourth-order valence-corrected chi connectivity index (χ4v) is 6.63. The number of benzene rings is 4. The van der Waals surface area contributed by atoms with Crippen molar-refractivity contribution in [1.82, 2.24) is 9.80 Å². The van der Waals surface area contributed by atoms with Crippen LogP contribution in [0.15, 0.2) is 103 Å². The van der Waals surface area contributed by atoms with E-state index in [1.54, 1.807) is 11.0 Å². The number of rotatable bonds is 11. The van der Waals surface area contributed by atoms with Crippen molar-refractivity contribution >= 4 is 23.4 Å². The van der Waals surface area contributed by atoms with Crippen LogP contribution in [-0.4, -0.2) is 60.8 Å². The van der Waals surface area contributed by atoms with Crippen LogP contribution in [0.1, 0.15) is 56.4 Å². The summed E-state index contributed by atoms with van der Waals surface area (Å²) in [5.74, 6) is 0.721. The third kappa shape index (κ3) is 9.11. The summed E-state index contributed by atoms with van der Waals surface area (Å²) in [5, 5.41) is -0.284. The van der Waals surface area contributed by atoms with E-state index in [1.807, 2.05) is 106 Å². The molecule has 0 bridgehead atoms. The van der Waals surface area contributed by atoms with E-state index in [4.69, 9.17) is 21.1 Å². The predicted octanol–water partition coefficient (Wildman–Crippen LogP) is 9.65. The number of anilines is 1. The summed E-state index contributed by atoms with van der Waals surface area (Å²) in [6, 6.07) is 32.0. The van der Waals surface area contributed by atoms with Gasteiger partial charge >= 0.3 is 12.3 Å². The van der Waals surface area contributed by atoms with Crippen LogP contribution in [0.3, 0.4) is 0 Å². The average molecular weight is 708 g/mol. The number of amides is 1. The van der Waals surface area contributed by atoms with Crippen LogP contribution in [0.2, 0.25) is 5.02 Å². The molecule has 0 atom stereocenters. The van der Waals surface area contributed by atoms with E-state index in [0.29, 0.717) is 51.3 Å². The zero-order valence-electron chi connectivity index (χ0n) is 29.1. The van der Waals surface area contributed by atoms with Crippen LogP contribution in [-0.2, 0) is 23.0 Å². The lowest BCUT2D eigenvalue weighted by molar-refractivity contribution is -0.137. The third-order valence-corrected chi connectivity index (χ3v) is 9.45. The highest BCUT2D eigenvalue weighted by molar-refractivity contribution is 6.32. The maximum atomic E-state index is 13.9. The van der Waals surface area contributed by atoms with Crippen LogP contribution in [0.5, 0.6) is 5.75 Å². The smallest absolute Gasteiger partial charge is 0.417 e. The van der Waals surface area contributed by atoms with Crippen molar-refractivity contribution in [1.29, 1.82) is 0 Å². The molecule has 4 aromatic carbocycles. The molecule has 1 saturated heterocycles. The molecule has 0 saturated carbocycles. The lowest BCUT2D eigenvalue weighted by atomic mass is 9.82. The molecule has 0 unspecified atom stereocenters. The maximum absolute atomic E-state index is 13.9. The number of piperazine rings is 1. The van der Waals surface area contributed by atoms with Gasteiger partial charge in [0.1, 0.15) is 11.4 Å². The SMILES string of the molecule is CC(C)(C)OC(=O)N1CCN(c2cccc(OCCCN(Cc3cccc(C(F)(F)F)c3Cl)C(C)(c3ccccc3)c3ccccc3)c2)CC1. The molecule has 4 aromatic rings. The lowest BCUT2D eigenvalue weighted by Gasteiger charge is -2.43. The van der Waals surface area contributed by atoms with Crippen molar-refractivity contribution in [3.05, 3.63) is 130 Å². The van der Waals surface area contributed by atoms with E-state index in [0.717, 1.165) is 28.6 Å². The average Bonchev–Trinajstić information content (AvgIpc) is 3.09. The molecule has 5 rings (SSSR count). The summed E-state index contributed by atoms with van der Waals surface area (Å²) in [7, 11) is 0. The molecule has 0 radical (unpaired) electrons. The summed E-state index contributed by atoms with van der Waals surface area (Å²) in [4.78, 5) is 18.7. The summed E-state index contributed by atoms with van der Waals surface area (Å²) in [6.07, 6.45) is -4.26. The Bertz CT molecular complexity index is 1670. The predicted molar refractivity (Wildman–Crippen MR) is 193 cm³/mol. The van der Waals surface area contributed by atoms with Gasteiger partial charge in [0.05, 0.1) is 22.7 Å². The van der Waals surface area contributed by atoms with E-state index in [2.05, 4.69) is 16.7 Å². The van der Waals surface area contributed by atoms with E-state index < -0.39 is 22.9 Å². The standard InChI is InChI=1S/C40H45ClF3N3O3/c1-38(2,3)50-37(48)46-25-23-45(24-26-46)33-19-12-20-34(28-33)49-27-13-22-47(29-30-14-11-21-35(36(30)41)40(42,43)44)39(4,31-15-7-5-8-16-31)32-17-9-6-10-18-32/h5-12,14-21,28H,13,22-27,29H2,1-4H3. The Kier molecular flexibility index (Phi) is 11.7. The van der Waals surface area contributed by atoms with Crippen LogP contribution in [0, 0.1) is 0 Å². The Morgan fingerprint density at radius 2 is 1.40 bits per heavy atom. The van der Waals surface area contributed by atoms with Gasteiger partial charge in [0.2, 0.25) is 0 Å². The Morgan fingerprint density at radius 3 is 1.98 bits per heavy atom. The second kappa shape index (κ2) is 15.8. The van der Waals surface area contributed by atoms with Crippen molar-refractivity contribution < 1.29 is 27.4 Å². The van der Waals surface area contributed by atoms with Gasteiger partial charge in [-0.3, -0.25) is 4.90 Å². The molecule has 266 valence electrons. The largest absolute Gasteiger partial charge is 0.493 e. The lowest BCUT2D eigenvalue weighted by Crippen LogP contribution is -2.50. The summed E-state index contributed by atoms with van der Waals surface area (Å²) in [5.41, 5.74) is 1.36. The highest BCUT2D eigenvalue weighted by Crippen LogP contribution is 2.40. The van der Waals surface area contributed by atoms with E-state index in [-0.39, 0.29) is 17.7 Å². The van der Waals surface area contributed by atoms with Crippen LogP contribution in [0.25, 0.3) is 0 Å². The first-order valence-electron chi connectivity index (χ1n) is 16.9. The van der Waals surface area contributed by atoms with E-state index in [1.165, 1.54) is 6.07 Å². The van der Waals surface area contributed by atoms with Crippen molar-refractivity contribution in [2.24, 2.45) is 0 Å². The first-order valence-corrected chi connectivity index (χ1v) is 17.3. The normalized spacial score (nSPS) is 14.2. The fraction of sp³-hybridized carbons (Fsp3) is 0.375. The molecule has 1 heterocycles. The Morgan fingerprint density at radius 1 is 0.800 bits per heavy atom. The molecule has 0 aliphatic carbocycles. The molecule has 0 aromatic heterocycles. The van der Waals surface area contributed by atoms with E-state index >= 15 is 0 Å². The molecule has 50 heavy (non-hydrogen) atoms. The molecule has 1 amide bonds. The maximum Gasteiger partial charge on any atom is 0.417 e. The van der Waals surface area contributed by atoms with Crippen molar-refractivity contribution in [3.63, 3.8) is 0 Å². The number of nitrogens with zero attached hydrogens (tertiary/aromatic N) is 3. The molecule has 0 spiro atoms. The highest BCUT2D eigenvalue weighted by atomic mass is 35.5. The fourth-order valence-electron chi connectivity index (χ4n) is 6.33.